The lowest BCUT2D eigenvalue weighted by molar-refractivity contribution is 0.328. The predicted molar refractivity (Wildman–Crippen MR) is 138 cm³/mol. The Morgan fingerprint density at radius 3 is 2.68 bits per heavy atom. The number of aromatic nitrogens is 1. The van der Waals surface area contributed by atoms with Gasteiger partial charge in [-0.1, -0.05) is 51.1 Å². The molecule has 0 bridgehead atoms. The highest BCUT2D eigenvalue weighted by molar-refractivity contribution is 14.0. The second-order valence-electron chi connectivity index (χ2n) is 9.14. The van der Waals surface area contributed by atoms with E-state index in [1.807, 2.05) is 6.20 Å². The molecule has 2 heterocycles. The number of guanidine groups is 1. The second-order valence-corrected chi connectivity index (χ2v) is 9.14. The van der Waals surface area contributed by atoms with Crippen molar-refractivity contribution < 1.29 is 4.42 Å². The molecule has 0 aliphatic carbocycles. The van der Waals surface area contributed by atoms with Crippen LogP contribution < -0.4 is 10.6 Å². The van der Waals surface area contributed by atoms with Gasteiger partial charge >= 0.3 is 0 Å². The number of hydrogen-bond donors (Lipinski definition) is 2. The quantitative estimate of drug-likeness (QED) is 0.299. The summed E-state index contributed by atoms with van der Waals surface area (Å²) in [7, 11) is 0. The van der Waals surface area contributed by atoms with Crippen molar-refractivity contribution in [1.29, 1.82) is 0 Å². The van der Waals surface area contributed by atoms with E-state index in [1.165, 1.54) is 18.5 Å². The molecule has 2 N–H and O–H groups in total. The molecule has 1 aliphatic rings. The fourth-order valence-electron chi connectivity index (χ4n) is 3.67. The third-order valence-electron chi connectivity index (χ3n) is 5.50. The van der Waals surface area contributed by atoms with Crippen molar-refractivity contribution in [2.45, 2.75) is 52.5 Å². The Labute approximate surface area is 204 Å². The highest BCUT2D eigenvalue weighted by Crippen LogP contribution is 2.22. The first kappa shape index (κ1) is 25.6. The molecule has 1 aromatic carbocycles. The van der Waals surface area contributed by atoms with E-state index < -0.39 is 0 Å². The molecule has 172 valence electrons. The van der Waals surface area contributed by atoms with Gasteiger partial charge in [-0.25, -0.2) is 9.98 Å². The van der Waals surface area contributed by atoms with Gasteiger partial charge in [-0.2, -0.15) is 0 Å². The largest absolute Gasteiger partial charge is 0.443 e. The molecule has 0 saturated carbocycles. The number of halogens is 1. The fourth-order valence-corrected chi connectivity index (χ4v) is 3.67. The molecule has 0 amide bonds. The minimum absolute atomic E-state index is 0. The summed E-state index contributed by atoms with van der Waals surface area (Å²) in [6.45, 7) is 14.1. The lowest BCUT2D eigenvalue weighted by Gasteiger charge is -2.17. The Hall–Kier alpha value is -1.61. The molecular weight excluding hydrogens is 501 g/mol. The van der Waals surface area contributed by atoms with Crippen LogP contribution in [0.1, 0.15) is 51.3 Å². The highest BCUT2D eigenvalue weighted by atomic mass is 127. The molecule has 1 unspecified atom stereocenters. The van der Waals surface area contributed by atoms with E-state index in [0.29, 0.717) is 18.4 Å². The fraction of sp³-hybridized carbons (Fsp3) is 0.583. The lowest BCUT2D eigenvalue weighted by atomic mass is 9.94. The molecule has 1 aromatic heterocycles. The monoisotopic (exact) mass is 539 g/mol. The van der Waals surface area contributed by atoms with Crippen molar-refractivity contribution in [3.63, 3.8) is 0 Å². The van der Waals surface area contributed by atoms with E-state index in [-0.39, 0.29) is 29.4 Å². The molecule has 0 radical (unpaired) electrons. The molecular formula is C24H38IN5O. The SMILES string of the molecule is CCNC(=NCc1ncc(C(C)(C)C)o1)NCC1CCN(CCc2ccccc2)C1.I. The average molecular weight is 540 g/mol. The van der Waals surface area contributed by atoms with Gasteiger partial charge in [0.2, 0.25) is 5.89 Å². The molecule has 1 atom stereocenters. The minimum Gasteiger partial charge on any atom is -0.443 e. The average Bonchev–Trinajstić information content (AvgIpc) is 3.39. The van der Waals surface area contributed by atoms with E-state index >= 15 is 0 Å². The first-order valence-corrected chi connectivity index (χ1v) is 11.2. The molecule has 1 saturated heterocycles. The molecule has 31 heavy (non-hydrogen) atoms. The number of likely N-dealkylation sites (tertiary alicyclic amines) is 1. The van der Waals surface area contributed by atoms with Gasteiger partial charge in [0.05, 0.1) is 6.20 Å². The van der Waals surface area contributed by atoms with Gasteiger partial charge in [0, 0.05) is 31.6 Å². The van der Waals surface area contributed by atoms with Crippen LogP contribution >= 0.6 is 24.0 Å². The summed E-state index contributed by atoms with van der Waals surface area (Å²) < 4.78 is 5.85. The van der Waals surface area contributed by atoms with E-state index in [9.17, 15) is 0 Å². The van der Waals surface area contributed by atoms with Crippen molar-refractivity contribution in [1.82, 2.24) is 20.5 Å². The molecule has 3 rings (SSSR count). The van der Waals surface area contributed by atoms with E-state index in [4.69, 9.17) is 4.42 Å². The van der Waals surface area contributed by atoms with Crippen LogP contribution in [0.2, 0.25) is 0 Å². The molecule has 1 aliphatic heterocycles. The Balaban J connectivity index is 0.00000341. The molecule has 7 heteroatoms. The van der Waals surface area contributed by atoms with Crippen LogP contribution in [0.4, 0.5) is 0 Å². The van der Waals surface area contributed by atoms with E-state index in [2.05, 4.69) is 83.5 Å². The van der Waals surface area contributed by atoms with Crippen molar-refractivity contribution in [2.75, 3.05) is 32.7 Å². The molecule has 2 aromatic rings. The number of aliphatic imine (C=N–C) groups is 1. The Morgan fingerprint density at radius 2 is 2.00 bits per heavy atom. The normalized spacial score (nSPS) is 17.4. The number of nitrogens with one attached hydrogen (secondary N) is 2. The van der Waals surface area contributed by atoms with Gasteiger partial charge < -0.3 is 20.0 Å². The standard InChI is InChI=1S/C24H37N5O.HI/c1-5-25-23(28-17-22-26-16-21(30-22)24(2,3)4)27-15-20-12-14-29(18-20)13-11-19-9-7-6-8-10-19;/h6-10,16,20H,5,11-15,17-18H2,1-4H3,(H2,25,27,28);1H. The van der Waals surface area contributed by atoms with Crippen LogP contribution in [0, 0.1) is 5.92 Å². The summed E-state index contributed by atoms with van der Waals surface area (Å²) in [5.74, 6) is 3.03. The zero-order valence-electron chi connectivity index (χ0n) is 19.4. The first-order chi connectivity index (χ1) is 14.4. The topological polar surface area (TPSA) is 65.7 Å². The summed E-state index contributed by atoms with van der Waals surface area (Å²) in [5.41, 5.74) is 1.38. The van der Waals surface area contributed by atoms with Crippen molar-refractivity contribution in [3.8, 4) is 0 Å². The van der Waals surface area contributed by atoms with Gasteiger partial charge in [-0.05, 0) is 37.8 Å². The van der Waals surface area contributed by atoms with Crippen LogP contribution in [-0.4, -0.2) is 48.6 Å². The maximum atomic E-state index is 5.85. The Kier molecular flexibility index (Phi) is 10.3. The molecule has 6 nitrogen and oxygen atoms in total. The van der Waals surface area contributed by atoms with Crippen LogP contribution in [0.15, 0.2) is 45.9 Å². The minimum atomic E-state index is -0.0351. The Morgan fingerprint density at radius 1 is 1.23 bits per heavy atom. The van der Waals surface area contributed by atoms with Gasteiger partial charge in [-0.3, -0.25) is 0 Å². The van der Waals surface area contributed by atoms with Gasteiger partial charge in [0.15, 0.2) is 5.96 Å². The third kappa shape index (κ3) is 8.44. The molecule has 0 spiro atoms. The van der Waals surface area contributed by atoms with E-state index in [1.54, 1.807) is 0 Å². The van der Waals surface area contributed by atoms with Gasteiger partial charge in [0.25, 0.3) is 0 Å². The first-order valence-electron chi connectivity index (χ1n) is 11.2. The van der Waals surface area contributed by atoms with Gasteiger partial charge in [-0.15, -0.1) is 24.0 Å². The van der Waals surface area contributed by atoms with Gasteiger partial charge in [0.1, 0.15) is 12.3 Å². The second kappa shape index (κ2) is 12.4. The van der Waals surface area contributed by atoms with Crippen LogP contribution in [0.3, 0.4) is 0 Å². The summed E-state index contributed by atoms with van der Waals surface area (Å²) in [6, 6.07) is 10.8. The summed E-state index contributed by atoms with van der Waals surface area (Å²) >= 11 is 0. The third-order valence-corrected chi connectivity index (χ3v) is 5.50. The van der Waals surface area contributed by atoms with Crippen molar-refractivity contribution in [2.24, 2.45) is 10.9 Å². The summed E-state index contributed by atoms with van der Waals surface area (Å²) in [5, 5.41) is 6.83. The number of hydrogen-bond acceptors (Lipinski definition) is 4. The van der Waals surface area contributed by atoms with Crippen LogP contribution in [-0.2, 0) is 18.4 Å². The smallest absolute Gasteiger partial charge is 0.216 e. The lowest BCUT2D eigenvalue weighted by Crippen LogP contribution is -2.40. The summed E-state index contributed by atoms with van der Waals surface area (Å²) in [4.78, 5) is 11.6. The van der Waals surface area contributed by atoms with Crippen molar-refractivity contribution in [3.05, 3.63) is 53.7 Å². The zero-order valence-corrected chi connectivity index (χ0v) is 21.7. The van der Waals surface area contributed by atoms with Crippen molar-refractivity contribution >= 4 is 29.9 Å². The van der Waals surface area contributed by atoms with E-state index in [0.717, 1.165) is 44.3 Å². The van der Waals surface area contributed by atoms with Crippen LogP contribution in [0.25, 0.3) is 0 Å². The maximum Gasteiger partial charge on any atom is 0.216 e. The summed E-state index contributed by atoms with van der Waals surface area (Å²) in [6.07, 6.45) is 4.17. The molecule has 1 fully saturated rings. The number of benzene rings is 1. The Bertz CT molecular complexity index is 800. The predicted octanol–water partition coefficient (Wildman–Crippen LogP) is 4.21. The number of oxazole rings is 1. The maximum absolute atomic E-state index is 5.85. The number of rotatable bonds is 8. The highest BCUT2D eigenvalue weighted by Gasteiger charge is 2.22. The zero-order chi connectivity index (χ0) is 21.4. The number of nitrogens with zero attached hydrogens (tertiary/aromatic N) is 3. The van der Waals surface area contributed by atoms with Crippen LogP contribution in [0.5, 0.6) is 0 Å².